The molecule has 9 nitrogen and oxygen atoms in total. The van der Waals surface area contributed by atoms with Crippen molar-refractivity contribution in [2.75, 3.05) is 26.2 Å². The largest absolute Gasteiger partial charge is 0.490 e. The van der Waals surface area contributed by atoms with Gasteiger partial charge in [-0.15, -0.1) is 0 Å². The number of carbonyl (C=O) groups is 3. The monoisotopic (exact) mass is 598 g/mol. The molecule has 2 N–H and O–H groups in total. The van der Waals surface area contributed by atoms with Crippen LogP contribution in [0.1, 0.15) is 99.9 Å². The summed E-state index contributed by atoms with van der Waals surface area (Å²) in [6.45, 7) is 7.14. The fourth-order valence-corrected chi connectivity index (χ4v) is 9.12. The third-order valence-electron chi connectivity index (χ3n) is 10.4. The van der Waals surface area contributed by atoms with Crippen molar-refractivity contribution in [1.82, 2.24) is 19.8 Å². The van der Waals surface area contributed by atoms with Crippen LogP contribution in [-0.2, 0) is 27.1 Å². The quantitative estimate of drug-likeness (QED) is 0.484. The summed E-state index contributed by atoms with van der Waals surface area (Å²) in [5, 5.41) is 5.68. The molecule has 1 aromatic carbocycles. The molecule has 0 aromatic heterocycles. The Morgan fingerprint density at radius 2 is 1.67 bits per heavy atom. The van der Waals surface area contributed by atoms with Gasteiger partial charge in [0.2, 0.25) is 11.8 Å². The van der Waals surface area contributed by atoms with E-state index in [-0.39, 0.29) is 35.0 Å². The van der Waals surface area contributed by atoms with Gasteiger partial charge in [0.15, 0.2) is 0 Å². The number of hydrogen-bond donors (Lipinski definition) is 2. The van der Waals surface area contributed by atoms with E-state index in [0.717, 1.165) is 61.9 Å². The van der Waals surface area contributed by atoms with Crippen molar-refractivity contribution < 1.29 is 23.3 Å². The number of amides is 3. The van der Waals surface area contributed by atoms with Crippen molar-refractivity contribution >= 4 is 28.7 Å². The lowest BCUT2D eigenvalue weighted by molar-refractivity contribution is -0.136. The zero-order valence-corrected chi connectivity index (χ0v) is 25.7. The van der Waals surface area contributed by atoms with Crippen LogP contribution in [0.4, 0.5) is 0 Å². The average Bonchev–Trinajstić information content (AvgIpc) is 3.27. The Morgan fingerprint density at radius 1 is 0.929 bits per heavy atom. The van der Waals surface area contributed by atoms with E-state index in [1.54, 1.807) is 11.0 Å². The molecule has 10 heteroatoms. The zero-order chi connectivity index (χ0) is 29.3. The summed E-state index contributed by atoms with van der Waals surface area (Å²) in [5.74, 6) is 1.80. The molecule has 5 fully saturated rings. The lowest BCUT2D eigenvalue weighted by atomic mass is 9.81. The molecular formula is C32H46N4O5S. The molecule has 3 amide bonds. The summed E-state index contributed by atoms with van der Waals surface area (Å²) in [5.41, 5.74) is 1.52. The van der Waals surface area contributed by atoms with E-state index in [9.17, 15) is 18.6 Å². The van der Waals surface area contributed by atoms with Crippen LogP contribution < -0.4 is 15.4 Å². The summed E-state index contributed by atoms with van der Waals surface area (Å²) in [6, 6.07) is 5.00. The second-order valence-electron chi connectivity index (χ2n) is 13.3. The number of piperidine rings is 2. The van der Waals surface area contributed by atoms with Crippen molar-refractivity contribution in [3.05, 3.63) is 29.3 Å². The molecule has 2 saturated carbocycles. The van der Waals surface area contributed by atoms with Gasteiger partial charge in [-0.25, -0.2) is 8.51 Å². The molecule has 6 aliphatic rings. The molecule has 0 bridgehead atoms. The fraction of sp³-hybridized carbons (Fsp3) is 0.719. The molecule has 2 atom stereocenters. The Hall–Kier alpha value is -2.30. The molecule has 0 radical (unpaired) electrons. The highest BCUT2D eigenvalue weighted by Gasteiger charge is 2.43. The number of benzene rings is 1. The van der Waals surface area contributed by atoms with E-state index in [0.29, 0.717) is 18.5 Å². The van der Waals surface area contributed by atoms with Crippen molar-refractivity contribution in [2.24, 2.45) is 11.8 Å². The van der Waals surface area contributed by atoms with Crippen LogP contribution in [0.2, 0.25) is 0 Å². The molecule has 2 aliphatic carbocycles. The predicted molar refractivity (Wildman–Crippen MR) is 161 cm³/mol. The van der Waals surface area contributed by atoms with Gasteiger partial charge in [0.1, 0.15) is 22.8 Å². The van der Waals surface area contributed by atoms with Crippen LogP contribution in [0.25, 0.3) is 0 Å². The Kier molecular flexibility index (Phi) is 9.03. The molecule has 4 aliphatic heterocycles. The number of fused-ring (bicyclic) bond motifs is 1. The topological polar surface area (TPSA) is 108 Å². The first-order chi connectivity index (χ1) is 20.3. The number of nitrogens with one attached hydrogen (secondary N) is 2. The Balaban J connectivity index is 0.000000162. The summed E-state index contributed by atoms with van der Waals surface area (Å²) in [4.78, 5) is 37.6. The van der Waals surface area contributed by atoms with Gasteiger partial charge in [-0.1, -0.05) is 12.8 Å². The molecule has 7 rings (SSSR count). The maximum Gasteiger partial charge on any atom is 0.255 e. The first-order valence-corrected chi connectivity index (χ1v) is 17.2. The van der Waals surface area contributed by atoms with E-state index < -0.39 is 17.0 Å². The van der Waals surface area contributed by atoms with Crippen LogP contribution in [0.3, 0.4) is 0 Å². The Labute approximate surface area is 252 Å². The Bertz CT molecular complexity index is 1200. The molecule has 2 unspecified atom stereocenters. The molecular weight excluding hydrogens is 552 g/mol. The summed E-state index contributed by atoms with van der Waals surface area (Å²) < 4.78 is 20.9. The van der Waals surface area contributed by atoms with Gasteiger partial charge < -0.3 is 15.0 Å². The van der Waals surface area contributed by atoms with E-state index in [2.05, 4.69) is 21.9 Å². The summed E-state index contributed by atoms with van der Waals surface area (Å²) in [6.07, 6.45) is 12.9. The lowest BCUT2D eigenvalue weighted by Gasteiger charge is -2.44. The van der Waals surface area contributed by atoms with Crippen molar-refractivity contribution in [3.8, 4) is 5.75 Å². The van der Waals surface area contributed by atoms with E-state index in [1.807, 2.05) is 12.1 Å². The second-order valence-corrected chi connectivity index (χ2v) is 15.3. The first kappa shape index (κ1) is 29.8. The van der Waals surface area contributed by atoms with Crippen LogP contribution in [0.5, 0.6) is 5.75 Å². The van der Waals surface area contributed by atoms with Crippen molar-refractivity contribution in [2.45, 2.75) is 107 Å². The highest BCUT2D eigenvalue weighted by molar-refractivity contribution is 7.84. The maximum atomic E-state index is 12.6. The third kappa shape index (κ3) is 6.31. The van der Waals surface area contributed by atoms with E-state index >= 15 is 0 Å². The van der Waals surface area contributed by atoms with Gasteiger partial charge >= 0.3 is 0 Å². The van der Waals surface area contributed by atoms with Gasteiger partial charge in [-0.2, -0.15) is 0 Å². The van der Waals surface area contributed by atoms with Crippen LogP contribution in [0, 0.1) is 11.8 Å². The number of ether oxygens (including phenoxy) is 1. The van der Waals surface area contributed by atoms with Gasteiger partial charge in [-0.3, -0.25) is 19.7 Å². The number of carbonyl (C=O) groups excluding carboxylic acids is 3. The van der Waals surface area contributed by atoms with Crippen molar-refractivity contribution in [3.63, 3.8) is 0 Å². The molecule has 1 aromatic rings. The first-order valence-electron chi connectivity index (χ1n) is 16.1. The molecule has 42 heavy (non-hydrogen) atoms. The molecule has 3 saturated heterocycles. The van der Waals surface area contributed by atoms with Gasteiger partial charge in [0, 0.05) is 31.6 Å². The van der Waals surface area contributed by atoms with Crippen LogP contribution >= 0.6 is 0 Å². The minimum absolute atomic E-state index is 0.116. The van der Waals surface area contributed by atoms with Crippen LogP contribution in [-0.4, -0.2) is 74.2 Å². The maximum absolute atomic E-state index is 12.6. The van der Waals surface area contributed by atoms with Crippen molar-refractivity contribution in [1.29, 1.82) is 0 Å². The predicted octanol–water partition coefficient (Wildman–Crippen LogP) is 3.68. The minimum atomic E-state index is -0.724. The molecule has 230 valence electrons. The standard InChI is InChI=1S/C19H22N2O4.C13H24N2OS/c22-17-9-8-16(18(23)20-17)21-11-12-10-14(6-7-15(12)19(21)24)25-13-4-2-1-3-5-13;1-13(5-2-6-13)17(16)15-7-3-11(4-8-15)12-9-14-10-12/h6-7,10,13,16H,1-5,8-9,11H2,(H,20,22,23);11-12,14H,2-10H2,1H3. The minimum Gasteiger partial charge on any atom is -0.490 e. The highest BCUT2D eigenvalue weighted by Crippen LogP contribution is 2.40. The fourth-order valence-electron chi connectivity index (χ4n) is 7.32. The van der Waals surface area contributed by atoms with E-state index in [1.165, 1.54) is 51.6 Å². The van der Waals surface area contributed by atoms with Gasteiger partial charge in [0.25, 0.3) is 5.91 Å². The van der Waals surface area contributed by atoms with Crippen LogP contribution in [0.15, 0.2) is 18.2 Å². The molecule has 4 heterocycles. The van der Waals surface area contributed by atoms with E-state index in [4.69, 9.17) is 4.74 Å². The SMILES string of the molecule is CC1(S(=O)N2CCC(C3CNC3)CC2)CCC1.O=C1CCC(N2Cc3cc(OC4CCCCC4)ccc3C2=O)C(=O)N1. The molecule has 0 spiro atoms. The lowest BCUT2D eigenvalue weighted by Crippen LogP contribution is -2.52. The average molecular weight is 599 g/mol. The zero-order valence-electron chi connectivity index (χ0n) is 24.9. The highest BCUT2D eigenvalue weighted by atomic mass is 32.2. The van der Waals surface area contributed by atoms with Gasteiger partial charge in [0.05, 0.1) is 10.9 Å². The third-order valence-corrected chi connectivity index (χ3v) is 12.5. The number of imide groups is 1. The number of rotatable bonds is 6. The Morgan fingerprint density at radius 3 is 2.29 bits per heavy atom. The normalized spacial score (nSPS) is 27.7. The van der Waals surface area contributed by atoms with Gasteiger partial charge in [-0.05, 0) is 113 Å². The summed E-state index contributed by atoms with van der Waals surface area (Å²) in [7, 11) is -0.724. The smallest absolute Gasteiger partial charge is 0.255 e. The number of nitrogens with zero attached hydrogens (tertiary/aromatic N) is 2. The summed E-state index contributed by atoms with van der Waals surface area (Å²) >= 11 is 0. The number of hydrogen-bond acceptors (Lipinski definition) is 6. The second kappa shape index (κ2) is 12.7.